The molecule has 1 amide bonds. The third-order valence-electron chi connectivity index (χ3n) is 5.56. The molecule has 1 N–H and O–H groups in total. The van der Waals surface area contributed by atoms with Crippen LogP contribution in [0.1, 0.15) is 31.7 Å². The molecular formula is C19H27FN2O2. The van der Waals surface area contributed by atoms with Gasteiger partial charge in [-0.1, -0.05) is 12.1 Å². The minimum atomic E-state index is -0.288. The third-order valence-corrected chi connectivity index (χ3v) is 5.56. The van der Waals surface area contributed by atoms with Crippen molar-refractivity contribution in [1.82, 2.24) is 9.80 Å². The summed E-state index contributed by atoms with van der Waals surface area (Å²) in [6.45, 7) is 5.11. The number of amides is 1. The average molecular weight is 334 g/mol. The second-order valence-electron chi connectivity index (χ2n) is 7.18. The van der Waals surface area contributed by atoms with E-state index in [0.29, 0.717) is 6.04 Å². The second-order valence-corrected chi connectivity index (χ2v) is 7.18. The molecule has 1 aromatic carbocycles. The lowest BCUT2D eigenvalue weighted by atomic mass is 9.87. The first kappa shape index (κ1) is 17.4. The number of rotatable bonds is 3. The highest BCUT2D eigenvalue weighted by Gasteiger charge is 2.33. The Morgan fingerprint density at radius 1 is 1.17 bits per heavy atom. The van der Waals surface area contributed by atoms with Gasteiger partial charge in [-0.15, -0.1) is 0 Å². The Bertz CT molecular complexity index is 555. The van der Waals surface area contributed by atoms with Crippen LogP contribution in [0.25, 0.3) is 0 Å². The number of likely N-dealkylation sites (tertiary alicyclic amines) is 2. The Hall–Kier alpha value is -1.46. The van der Waals surface area contributed by atoms with Crippen molar-refractivity contribution in [1.29, 1.82) is 0 Å². The molecule has 0 aliphatic carbocycles. The number of carbonyl (C=O) groups excluding carboxylic acids is 1. The van der Waals surface area contributed by atoms with E-state index in [4.69, 9.17) is 0 Å². The van der Waals surface area contributed by atoms with Crippen LogP contribution in [0.4, 0.5) is 4.39 Å². The van der Waals surface area contributed by atoms with Crippen molar-refractivity contribution >= 4 is 5.91 Å². The van der Waals surface area contributed by atoms with Gasteiger partial charge in [0.1, 0.15) is 5.82 Å². The first-order valence-electron chi connectivity index (χ1n) is 8.95. The van der Waals surface area contributed by atoms with E-state index in [0.717, 1.165) is 57.4 Å². The van der Waals surface area contributed by atoms with Gasteiger partial charge >= 0.3 is 0 Å². The van der Waals surface area contributed by atoms with Crippen molar-refractivity contribution in [2.75, 3.05) is 26.2 Å². The lowest BCUT2D eigenvalue weighted by Gasteiger charge is -2.43. The number of aliphatic hydroxyl groups excluding tert-OH is 1. The van der Waals surface area contributed by atoms with Crippen LogP contribution in [0, 0.1) is 11.7 Å². The first-order valence-corrected chi connectivity index (χ1v) is 8.95. The van der Waals surface area contributed by atoms with Gasteiger partial charge in [-0.05, 0) is 43.4 Å². The van der Waals surface area contributed by atoms with Crippen molar-refractivity contribution in [2.45, 2.75) is 44.8 Å². The Balaban J connectivity index is 1.57. The summed E-state index contributed by atoms with van der Waals surface area (Å²) in [5.74, 6) is 0.133. The van der Waals surface area contributed by atoms with Gasteiger partial charge in [0, 0.05) is 45.1 Å². The summed E-state index contributed by atoms with van der Waals surface area (Å²) in [6, 6.07) is 7.10. The highest BCUT2D eigenvalue weighted by Crippen LogP contribution is 2.26. The zero-order valence-electron chi connectivity index (χ0n) is 14.3. The molecule has 2 aliphatic rings. The predicted molar refractivity (Wildman–Crippen MR) is 91.1 cm³/mol. The number of aliphatic hydroxyl groups is 1. The monoisotopic (exact) mass is 334 g/mol. The first-order chi connectivity index (χ1) is 11.5. The highest BCUT2D eigenvalue weighted by molar-refractivity contribution is 5.73. The molecule has 2 heterocycles. The molecule has 2 atom stereocenters. The van der Waals surface area contributed by atoms with Gasteiger partial charge in [0.05, 0.1) is 6.10 Å². The number of piperidine rings is 2. The van der Waals surface area contributed by atoms with Crippen LogP contribution in [0.2, 0.25) is 0 Å². The Morgan fingerprint density at radius 3 is 2.46 bits per heavy atom. The van der Waals surface area contributed by atoms with Gasteiger partial charge in [0.15, 0.2) is 0 Å². The van der Waals surface area contributed by atoms with Gasteiger partial charge in [0.25, 0.3) is 0 Å². The highest BCUT2D eigenvalue weighted by atomic mass is 19.1. The molecule has 0 unspecified atom stereocenters. The van der Waals surface area contributed by atoms with Crippen molar-refractivity contribution in [3.05, 3.63) is 35.6 Å². The third kappa shape index (κ3) is 4.14. The fourth-order valence-electron chi connectivity index (χ4n) is 4.05. The molecule has 2 aliphatic heterocycles. The molecule has 132 valence electrons. The predicted octanol–water partition coefficient (Wildman–Crippen LogP) is 2.06. The lowest BCUT2D eigenvalue weighted by Crippen LogP contribution is -2.52. The number of hydrogen-bond donors (Lipinski definition) is 1. The smallest absolute Gasteiger partial charge is 0.219 e. The van der Waals surface area contributed by atoms with Crippen LogP contribution in [-0.2, 0) is 11.2 Å². The topological polar surface area (TPSA) is 43.8 Å². The minimum absolute atomic E-state index is 0.164. The molecule has 0 bridgehead atoms. The average Bonchev–Trinajstić information content (AvgIpc) is 2.59. The molecular weight excluding hydrogens is 307 g/mol. The van der Waals surface area contributed by atoms with Gasteiger partial charge in [-0.2, -0.15) is 0 Å². The molecule has 3 rings (SSSR count). The van der Waals surface area contributed by atoms with Crippen molar-refractivity contribution in [3.63, 3.8) is 0 Å². The SMILES string of the molecule is CC(=O)N1CCC(N2CC[C@H](O)[C@H](Cc3ccc(F)cc3)C2)CC1. The Morgan fingerprint density at radius 2 is 1.83 bits per heavy atom. The van der Waals surface area contributed by atoms with Crippen LogP contribution >= 0.6 is 0 Å². The molecule has 4 nitrogen and oxygen atoms in total. The minimum Gasteiger partial charge on any atom is -0.393 e. The fraction of sp³-hybridized carbons (Fsp3) is 0.632. The van der Waals surface area contributed by atoms with Crippen LogP contribution in [0.5, 0.6) is 0 Å². The summed E-state index contributed by atoms with van der Waals surface area (Å²) >= 11 is 0. The maximum absolute atomic E-state index is 13.0. The Kier molecular flexibility index (Phi) is 5.51. The van der Waals surface area contributed by atoms with Gasteiger partial charge in [-0.25, -0.2) is 4.39 Å². The zero-order chi connectivity index (χ0) is 17.1. The second kappa shape index (κ2) is 7.62. The van der Waals surface area contributed by atoms with E-state index >= 15 is 0 Å². The van der Waals surface area contributed by atoms with Crippen LogP contribution in [0.3, 0.4) is 0 Å². The van der Waals surface area contributed by atoms with Gasteiger partial charge in [0.2, 0.25) is 5.91 Å². The zero-order valence-corrected chi connectivity index (χ0v) is 14.3. The van der Waals surface area contributed by atoms with E-state index in [2.05, 4.69) is 4.90 Å². The summed E-state index contributed by atoms with van der Waals surface area (Å²) < 4.78 is 13.0. The van der Waals surface area contributed by atoms with E-state index in [1.807, 2.05) is 17.0 Å². The summed E-state index contributed by atoms with van der Waals surface area (Å²) in [7, 11) is 0. The molecule has 0 radical (unpaired) electrons. The van der Waals surface area contributed by atoms with E-state index in [9.17, 15) is 14.3 Å². The summed E-state index contributed by atoms with van der Waals surface area (Å²) in [5.41, 5.74) is 1.08. The standard InChI is InChI=1S/C19H27FN2O2/c1-14(23)21-9-6-18(7-10-21)22-11-8-19(24)16(13-22)12-15-2-4-17(20)5-3-15/h2-5,16,18-19,24H,6-13H2,1H3/t16-,19+/m1/s1. The van der Waals surface area contributed by atoms with Crippen molar-refractivity contribution in [2.24, 2.45) is 5.92 Å². The molecule has 1 aromatic rings. The molecule has 0 spiro atoms. The molecule has 2 saturated heterocycles. The number of benzene rings is 1. The van der Waals surface area contributed by atoms with Gasteiger partial charge < -0.3 is 10.0 Å². The Labute approximate surface area is 143 Å². The van der Waals surface area contributed by atoms with Crippen molar-refractivity contribution < 1.29 is 14.3 Å². The van der Waals surface area contributed by atoms with Crippen LogP contribution in [0.15, 0.2) is 24.3 Å². The summed E-state index contributed by atoms with van der Waals surface area (Å²) in [5, 5.41) is 10.4. The van der Waals surface area contributed by atoms with E-state index in [1.165, 1.54) is 12.1 Å². The number of halogens is 1. The molecule has 0 saturated carbocycles. The van der Waals surface area contributed by atoms with E-state index in [-0.39, 0.29) is 23.7 Å². The molecule has 0 aromatic heterocycles. The van der Waals surface area contributed by atoms with Crippen molar-refractivity contribution in [3.8, 4) is 0 Å². The van der Waals surface area contributed by atoms with E-state index < -0.39 is 0 Å². The number of carbonyl (C=O) groups is 1. The molecule has 2 fully saturated rings. The summed E-state index contributed by atoms with van der Waals surface area (Å²) in [6.07, 6.45) is 3.31. The van der Waals surface area contributed by atoms with Crippen LogP contribution in [-0.4, -0.2) is 59.1 Å². The molecule has 24 heavy (non-hydrogen) atoms. The summed E-state index contributed by atoms with van der Waals surface area (Å²) in [4.78, 5) is 15.9. The molecule has 5 heteroatoms. The quantitative estimate of drug-likeness (QED) is 0.920. The van der Waals surface area contributed by atoms with E-state index in [1.54, 1.807) is 6.92 Å². The van der Waals surface area contributed by atoms with Crippen LogP contribution < -0.4 is 0 Å². The fourth-order valence-corrected chi connectivity index (χ4v) is 4.05. The van der Waals surface area contributed by atoms with Gasteiger partial charge in [-0.3, -0.25) is 9.69 Å². The lowest BCUT2D eigenvalue weighted by molar-refractivity contribution is -0.130. The maximum atomic E-state index is 13.0. The number of hydrogen-bond acceptors (Lipinski definition) is 3. The number of nitrogens with zero attached hydrogens (tertiary/aromatic N) is 2. The largest absolute Gasteiger partial charge is 0.393 e. The maximum Gasteiger partial charge on any atom is 0.219 e. The normalized spacial score (nSPS) is 26.5.